The van der Waals surface area contributed by atoms with Gasteiger partial charge in [0.15, 0.2) is 0 Å². The molecule has 1 aliphatic rings. The zero-order valence-electron chi connectivity index (χ0n) is 8.43. The predicted octanol–water partition coefficient (Wildman–Crippen LogP) is -0.948. The first-order chi connectivity index (χ1) is 7.06. The third-order valence-corrected chi connectivity index (χ3v) is 2.78. The first-order valence-electron chi connectivity index (χ1n) is 4.94. The maximum Gasteiger partial charge on any atom is 0.308 e. The van der Waals surface area contributed by atoms with E-state index >= 15 is 0 Å². The van der Waals surface area contributed by atoms with Crippen LogP contribution in [-0.4, -0.2) is 53.2 Å². The topological polar surface area (TPSA) is 104 Å². The molecule has 1 saturated heterocycles. The smallest absolute Gasteiger partial charge is 0.308 e. The number of piperidine rings is 1. The van der Waals surface area contributed by atoms with Crippen molar-refractivity contribution in [1.82, 2.24) is 4.90 Å². The molecule has 15 heavy (non-hydrogen) atoms. The van der Waals surface area contributed by atoms with Crippen LogP contribution in [0, 0.1) is 11.8 Å². The van der Waals surface area contributed by atoms with E-state index in [1.165, 1.54) is 0 Å². The normalized spacial score (nSPS) is 27.5. The lowest BCUT2D eigenvalue weighted by atomic mass is 9.85. The number of carbonyl (C=O) groups is 2. The average Bonchev–Trinajstić information content (AvgIpc) is 2.17. The fraction of sp³-hybridized carbons (Fsp3) is 0.778. The summed E-state index contributed by atoms with van der Waals surface area (Å²) in [7, 11) is 0. The fourth-order valence-corrected chi connectivity index (χ4v) is 1.95. The van der Waals surface area contributed by atoms with E-state index in [9.17, 15) is 9.59 Å². The van der Waals surface area contributed by atoms with Crippen molar-refractivity contribution in [3.05, 3.63) is 0 Å². The van der Waals surface area contributed by atoms with Gasteiger partial charge in [0.25, 0.3) is 0 Å². The van der Waals surface area contributed by atoms with Gasteiger partial charge in [-0.1, -0.05) is 0 Å². The number of likely N-dealkylation sites (tertiary alicyclic amines) is 1. The molecule has 2 unspecified atom stereocenters. The number of aliphatic carboxylic acids is 2. The zero-order chi connectivity index (χ0) is 11.4. The van der Waals surface area contributed by atoms with Crippen molar-refractivity contribution in [2.24, 2.45) is 17.6 Å². The standard InChI is InChI=1S/C9H16N2O4/c10-2-4-11-3-1-6(8(12)13)7(5-11)9(14)15/h6-7H,1-5,10H2,(H,12,13)(H,14,15). The summed E-state index contributed by atoms with van der Waals surface area (Å²) in [4.78, 5) is 23.6. The van der Waals surface area contributed by atoms with Crippen molar-refractivity contribution < 1.29 is 19.8 Å². The highest BCUT2D eigenvalue weighted by Gasteiger charge is 2.38. The Morgan fingerprint density at radius 2 is 1.87 bits per heavy atom. The van der Waals surface area contributed by atoms with E-state index in [2.05, 4.69) is 0 Å². The van der Waals surface area contributed by atoms with Crippen LogP contribution >= 0.6 is 0 Å². The van der Waals surface area contributed by atoms with Gasteiger partial charge in [0.1, 0.15) is 0 Å². The molecule has 0 bridgehead atoms. The van der Waals surface area contributed by atoms with E-state index in [1.54, 1.807) is 0 Å². The molecule has 2 atom stereocenters. The summed E-state index contributed by atoms with van der Waals surface area (Å²) in [6, 6.07) is 0. The molecule has 0 aliphatic carbocycles. The summed E-state index contributed by atoms with van der Waals surface area (Å²) in [6.45, 7) is 1.97. The van der Waals surface area contributed by atoms with Gasteiger partial charge in [-0.15, -0.1) is 0 Å². The lowest BCUT2D eigenvalue weighted by molar-refractivity contribution is -0.157. The van der Waals surface area contributed by atoms with Crippen molar-refractivity contribution >= 4 is 11.9 Å². The molecular formula is C9H16N2O4. The van der Waals surface area contributed by atoms with E-state index in [1.807, 2.05) is 4.90 Å². The summed E-state index contributed by atoms with van der Waals surface area (Å²) in [5, 5.41) is 17.8. The minimum atomic E-state index is -1.04. The molecule has 4 N–H and O–H groups in total. The second-order valence-electron chi connectivity index (χ2n) is 3.77. The van der Waals surface area contributed by atoms with Gasteiger partial charge in [-0.25, -0.2) is 0 Å². The highest BCUT2D eigenvalue weighted by Crippen LogP contribution is 2.23. The summed E-state index contributed by atoms with van der Waals surface area (Å²) >= 11 is 0. The van der Waals surface area contributed by atoms with E-state index in [0.717, 1.165) is 0 Å². The van der Waals surface area contributed by atoms with E-state index in [4.69, 9.17) is 15.9 Å². The number of rotatable bonds is 4. The Kier molecular flexibility index (Phi) is 4.05. The number of nitrogens with zero attached hydrogens (tertiary/aromatic N) is 1. The third kappa shape index (κ3) is 2.90. The Labute approximate surface area is 87.7 Å². The lowest BCUT2D eigenvalue weighted by Crippen LogP contribution is -2.47. The fourth-order valence-electron chi connectivity index (χ4n) is 1.95. The largest absolute Gasteiger partial charge is 0.481 e. The number of carboxylic acids is 2. The number of carboxylic acid groups (broad SMARTS) is 2. The van der Waals surface area contributed by atoms with Gasteiger partial charge in [0, 0.05) is 19.6 Å². The molecule has 86 valence electrons. The average molecular weight is 216 g/mol. The summed E-state index contributed by atoms with van der Waals surface area (Å²) in [5.74, 6) is -3.64. The van der Waals surface area contributed by atoms with Crippen LogP contribution in [0.25, 0.3) is 0 Å². The van der Waals surface area contributed by atoms with Crippen LogP contribution in [0.3, 0.4) is 0 Å². The molecule has 1 aliphatic heterocycles. The van der Waals surface area contributed by atoms with Crippen LogP contribution in [0.4, 0.5) is 0 Å². The second-order valence-corrected chi connectivity index (χ2v) is 3.77. The molecular weight excluding hydrogens is 200 g/mol. The first-order valence-corrected chi connectivity index (χ1v) is 4.94. The van der Waals surface area contributed by atoms with Gasteiger partial charge in [-0.05, 0) is 13.0 Å². The molecule has 0 saturated carbocycles. The van der Waals surface area contributed by atoms with Gasteiger partial charge in [0.05, 0.1) is 11.8 Å². The Balaban J connectivity index is 2.65. The minimum absolute atomic E-state index is 0.281. The van der Waals surface area contributed by atoms with Crippen molar-refractivity contribution in [1.29, 1.82) is 0 Å². The molecule has 0 spiro atoms. The Bertz CT molecular complexity index is 256. The Hall–Kier alpha value is -1.14. The van der Waals surface area contributed by atoms with Crippen LogP contribution in [0.15, 0.2) is 0 Å². The van der Waals surface area contributed by atoms with Crippen LogP contribution in [-0.2, 0) is 9.59 Å². The molecule has 1 rings (SSSR count). The van der Waals surface area contributed by atoms with Gasteiger partial charge >= 0.3 is 11.9 Å². The van der Waals surface area contributed by atoms with Crippen LogP contribution < -0.4 is 5.73 Å². The van der Waals surface area contributed by atoms with E-state index in [0.29, 0.717) is 26.1 Å². The van der Waals surface area contributed by atoms with Crippen molar-refractivity contribution in [2.45, 2.75) is 6.42 Å². The van der Waals surface area contributed by atoms with Gasteiger partial charge in [0.2, 0.25) is 0 Å². The number of nitrogens with two attached hydrogens (primary N) is 1. The predicted molar refractivity (Wildman–Crippen MR) is 52.4 cm³/mol. The highest BCUT2D eigenvalue weighted by atomic mass is 16.4. The second kappa shape index (κ2) is 5.09. The van der Waals surface area contributed by atoms with E-state index in [-0.39, 0.29) is 6.54 Å². The molecule has 0 aromatic carbocycles. The summed E-state index contributed by atoms with van der Waals surface area (Å²) < 4.78 is 0. The minimum Gasteiger partial charge on any atom is -0.481 e. The Morgan fingerprint density at radius 1 is 1.27 bits per heavy atom. The van der Waals surface area contributed by atoms with Crippen molar-refractivity contribution in [3.63, 3.8) is 0 Å². The first kappa shape index (κ1) is 11.9. The van der Waals surface area contributed by atoms with Gasteiger partial charge in [-0.2, -0.15) is 0 Å². The molecule has 0 aromatic rings. The van der Waals surface area contributed by atoms with Crippen LogP contribution in [0.1, 0.15) is 6.42 Å². The third-order valence-electron chi connectivity index (χ3n) is 2.78. The summed E-state index contributed by atoms with van der Waals surface area (Å²) in [6.07, 6.45) is 0.381. The molecule has 0 amide bonds. The number of hydrogen-bond donors (Lipinski definition) is 3. The molecule has 0 radical (unpaired) electrons. The maximum absolute atomic E-state index is 10.9. The zero-order valence-corrected chi connectivity index (χ0v) is 8.43. The summed E-state index contributed by atoms with van der Waals surface area (Å²) in [5.41, 5.74) is 5.37. The maximum atomic E-state index is 10.9. The highest BCUT2D eigenvalue weighted by molar-refractivity contribution is 5.80. The monoisotopic (exact) mass is 216 g/mol. The van der Waals surface area contributed by atoms with Crippen molar-refractivity contribution in [3.8, 4) is 0 Å². The molecule has 0 aromatic heterocycles. The van der Waals surface area contributed by atoms with E-state index < -0.39 is 23.8 Å². The molecule has 1 fully saturated rings. The molecule has 6 heteroatoms. The van der Waals surface area contributed by atoms with Crippen LogP contribution in [0.5, 0.6) is 0 Å². The quantitative estimate of drug-likeness (QED) is 0.560. The Morgan fingerprint density at radius 3 is 2.33 bits per heavy atom. The van der Waals surface area contributed by atoms with Crippen molar-refractivity contribution in [2.75, 3.05) is 26.2 Å². The van der Waals surface area contributed by atoms with Gasteiger partial charge in [-0.3, -0.25) is 9.59 Å². The van der Waals surface area contributed by atoms with Crippen LogP contribution in [0.2, 0.25) is 0 Å². The molecule has 1 heterocycles. The molecule has 6 nitrogen and oxygen atoms in total. The SMILES string of the molecule is NCCN1CCC(C(=O)O)C(C(=O)O)C1. The van der Waals surface area contributed by atoms with Gasteiger partial charge < -0.3 is 20.8 Å². The number of hydrogen-bond acceptors (Lipinski definition) is 4. The lowest BCUT2D eigenvalue weighted by Gasteiger charge is -2.34.